The number of hydrogen-bond donors (Lipinski definition) is 1. The van der Waals surface area contributed by atoms with Crippen molar-refractivity contribution in [2.45, 2.75) is 40.7 Å². The van der Waals surface area contributed by atoms with E-state index in [2.05, 4.69) is 11.9 Å². The lowest BCUT2D eigenvalue weighted by atomic mass is 10.1. The molecule has 3 amide bonds. The van der Waals surface area contributed by atoms with Crippen LogP contribution in [0.1, 0.15) is 34.6 Å². The number of cyclic esters (lactones) is 1. The molecule has 1 N–H and O–H groups in total. The van der Waals surface area contributed by atoms with E-state index in [0.717, 1.165) is 10.5 Å². The average molecular weight is 296 g/mol. The van der Waals surface area contributed by atoms with Crippen LogP contribution in [0.2, 0.25) is 0 Å². The van der Waals surface area contributed by atoms with Crippen LogP contribution in [0.3, 0.4) is 0 Å². The molecule has 120 valence electrons. The molecule has 5 heteroatoms. The van der Waals surface area contributed by atoms with Gasteiger partial charge in [0.2, 0.25) is 0 Å². The molecule has 5 nitrogen and oxygen atoms in total. The predicted octanol–water partition coefficient (Wildman–Crippen LogP) is 3.89. The lowest BCUT2D eigenvalue weighted by Gasteiger charge is -2.19. The summed E-state index contributed by atoms with van der Waals surface area (Å²) in [6, 6.07) is -0.854. The summed E-state index contributed by atoms with van der Waals surface area (Å²) in [6.45, 7) is 13.6. The van der Waals surface area contributed by atoms with Crippen LogP contribution in [-0.2, 0) is 4.74 Å². The van der Waals surface area contributed by atoms with Crippen LogP contribution in [0.4, 0.5) is 9.59 Å². The van der Waals surface area contributed by atoms with Gasteiger partial charge in [-0.25, -0.2) is 14.5 Å². The number of hydrogen-bond acceptors (Lipinski definition) is 3. The van der Waals surface area contributed by atoms with E-state index in [9.17, 15) is 9.59 Å². The number of carbonyl (C=O) groups is 2. The van der Waals surface area contributed by atoms with Gasteiger partial charge in [-0.15, -0.1) is 0 Å². The van der Waals surface area contributed by atoms with E-state index in [0.29, 0.717) is 0 Å². The molecular formula is C16H28N2O3. The molecule has 21 heavy (non-hydrogen) atoms. The maximum Gasteiger partial charge on any atom is 0.418 e. The second-order valence-corrected chi connectivity index (χ2v) is 3.40. The van der Waals surface area contributed by atoms with Gasteiger partial charge in [0.25, 0.3) is 0 Å². The maximum absolute atomic E-state index is 11.6. The van der Waals surface area contributed by atoms with Crippen molar-refractivity contribution in [2.75, 3.05) is 13.7 Å². The molecule has 1 aliphatic heterocycles. The molecule has 1 rings (SSSR count). The van der Waals surface area contributed by atoms with Gasteiger partial charge in [-0.3, -0.25) is 0 Å². The van der Waals surface area contributed by atoms with E-state index in [1.54, 1.807) is 18.2 Å². The van der Waals surface area contributed by atoms with Gasteiger partial charge in [0, 0.05) is 7.05 Å². The SMILES string of the molecule is C=C/C=C\C(=C/C)C1COC(=O)N1C(=O)NC.CC.CC. The zero-order chi connectivity index (χ0) is 16.8. The molecule has 0 aliphatic carbocycles. The first kappa shape index (κ1) is 21.3. The van der Waals surface area contributed by atoms with E-state index < -0.39 is 12.1 Å². The molecule has 0 bridgehead atoms. The molecule has 1 aliphatic rings. The Labute approximate surface area is 128 Å². The molecule has 0 spiro atoms. The van der Waals surface area contributed by atoms with Gasteiger partial charge in [-0.05, 0) is 12.5 Å². The molecule has 1 unspecified atom stereocenters. The van der Waals surface area contributed by atoms with Crippen molar-refractivity contribution < 1.29 is 14.3 Å². The lowest BCUT2D eigenvalue weighted by Crippen LogP contribution is -2.44. The highest BCUT2D eigenvalue weighted by atomic mass is 16.6. The fourth-order valence-electron chi connectivity index (χ4n) is 1.59. The summed E-state index contributed by atoms with van der Waals surface area (Å²) in [5.74, 6) is 0. The predicted molar refractivity (Wildman–Crippen MR) is 87.2 cm³/mol. The van der Waals surface area contributed by atoms with Crippen molar-refractivity contribution in [3.8, 4) is 0 Å². The Kier molecular flexibility index (Phi) is 13.1. The Morgan fingerprint density at radius 3 is 2.38 bits per heavy atom. The minimum absolute atomic E-state index is 0.174. The highest BCUT2D eigenvalue weighted by Gasteiger charge is 2.38. The first-order valence-electron chi connectivity index (χ1n) is 7.28. The fourth-order valence-corrected chi connectivity index (χ4v) is 1.59. The number of carbonyl (C=O) groups excluding carboxylic acids is 2. The summed E-state index contributed by atoms with van der Waals surface area (Å²) in [5.41, 5.74) is 0.833. The lowest BCUT2D eigenvalue weighted by molar-refractivity contribution is 0.159. The fraction of sp³-hybridized carbons (Fsp3) is 0.500. The topological polar surface area (TPSA) is 58.6 Å². The average Bonchev–Trinajstić information content (AvgIpc) is 2.93. The first-order valence-corrected chi connectivity index (χ1v) is 7.28. The number of urea groups is 1. The number of nitrogens with zero attached hydrogens (tertiary/aromatic N) is 1. The summed E-state index contributed by atoms with van der Waals surface area (Å²) in [5, 5.41) is 2.42. The molecule has 0 aromatic rings. The summed E-state index contributed by atoms with van der Waals surface area (Å²) in [6.07, 6.45) is 6.39. The number of rotatable bonds is 3. The monoisotopic (exact) mass is 296 g/mol. The van der Waals surface area contributed by atoms with E-state index in [1.165, 1.54) is 7.05 Å². The minimum Gasteiger partial charge on any atom is -0.446 e. The molecule has 0 aromatic heterocycles. The highest BCUT2D eigenvalue weighted by molar-refractivity contribution is 5.93. The van der Waals surface area contributed by atoms with E-state index in [1.807, 2.05) is 40.7 Å². The highest BCUT2D eigenvalue weighted by Crippen LogP contribution is 2.20. The van der Waals surface area contributed by atoms with Crippen LogP contribution in [0.25, 0.3) is 0 Å². The zero-order valence-electron chi connectivity index (χ0n) is 14.0. The van der Waals surface area contributed by atoms with Gasteiger partial charge in [-0.1, -0.05) is 58.6 Å². The molecular weight excluding hydrogens is 268 g/mol. The Hall–Kier alpha value is -2.04. The van der Waals surface area contributed by atoms with Crippen molar-refractivity contribution in [1.82, 2.24) is 10.2 Å². The van der Waals surface area contributed by atoms with Crippen LogP contribution in [0.15, 0.2) is 36.5 Å². The van der Waals surface area contributed by atoms with Crippen molar-refractivity contribution in [3.63, 3.8) is 0 Å². The number of nitrogens with one attached hydrogen (secondary N) is 1. The van der Waals surface area contributed by atoms with Crippen LogP contribution >= 0.6 is 0 Å². The molecule has 1 saturated heterocycles. The maximum atomic E-state index is 11.6. The third-order valence-electron chi connectivity index (χ3n) is 2.45. The molecule has 1 heterocycles. The standard InChI is InChI=1S/C12H16N2O3.2C2H6/c1-4-6-7-9(5-2)10-8-17-12(16)14(10)11(15)13-3;2*1-2/h4-7,10H,1,8H2,2-3H3,(H,13,15);2*1-2H3/b7-6-,9-5+;;. The van der Waals surface area contributed by atoms with Crippen LogP contribution in [0, 0.1) is 0 Å². The van der Waals surface area contributed by atoms with Gasteiger partial charge in [-0.2, -0.15) is 0 Å². The summed E-state index contributed by atoms with van der Waals surface area (Å²) < 4.78 is 4.89. The first-order chi connectivity index (χ1) is 10.2. The van der Waals surface area contributed by atoms with Crippen LogP contribution < -0.4 is 5.32 Å². The molecule has 0 radical (unpaired) electrons. The zero-order valence-corrected chi connectivity index (χ0v) is 14.0. The van der Waals surface area contributed by atoms with Crippen molar-refractivity contribution in [2.24, 2.45) is 0 Å². The van der Waals surface area contributed by atoms with Crippen molar-refractivity contribution >= 4 is 12.1 Å². The van der Waals surface area contributed by atoms with Crippen molar-refractivity contribution in [1.29, 1.82) is 0 Å². The van der Waals surface area contributed by atoms with Gasteiger partial charge in [0.1, 0.15) is 12.6 Å². The molecule has 1 atom stereocenters. The number of amides is 3. The van der Waals surface area contributed by atoms with Gasteiger partial charge < -0.3 is 10.1 Å². The molecule has 1 fully saturated rings. The van der Waals surface area contributed by atoms with E-state index >= 15 is 0 Å². The third kappa shape index (κ3) is 6.29. The number of imide groups is 1. The largest absolute Gasteiger partial charge is 0.446 e. The second kappa shape index (κ2) is 13.0. The summed E-state index contributed by atoms with van der Waals surface area (Å²) in [4.78, 5) is 24.1. The molecule has 0 aromatic carbocycles. The van der Waals surface area contributed by atoms with E-state index in [4.69, 9.17) is 4.74 Å². The third-order valence-corrected chi connectivity index (χ3v) is 2.45. The van der Waals surface area contributed by atoms with Crippen molar-refractivity contribution in [3.05, 3.63) is 36.5 Å². The number of allylic oxidation sites excluding steroid dienone is 3. The van der Waals surface area contributed by atoms with Crippen LogP contribution in [-0.4, -0.2) is 36.7 Å². The van der Waals surface area contributed by atoms with Gasteiger partial charge in [0.15, 0.2) is 0 Å². The summed E-state index contributed by atoms with van der Waals surface area (Å²) in [7, 11) is 1.47. The Morgan fingerprint density at radius 1 is 1.38 bits per heavy atom. The quantitative estimate of drug-likeness (QED) is 0.804. The van der Waals surface area contributed by atoms with Gasteiger partial charge >= 0.3 is 12.1 Å². The normalized spacial score (nSPS) is 17.2. The minimum atomic E-state index is -0.624. The van der Waals surface area contributed by atoms with E-state index in [-0.39, 0.29) is 12.6 Å². The smallest absolute Gasteiger partial charge is 0.418 e. The second-order valence-electron chi connectivity index (χ2n) is 3.40. The van der Waals surface area contributed by atoms with Crippen LogP contribution in [0.5, 0.6) is 0 Å². The molecule has 0 saturated carbocycles. The number of ether oxygens (including phenoxy) is 1. The summed E-state index contributed by atoms with van der Waals surface area (Å²) >= 11 is 0. The Bertz CT molecular complexity index is 387. The Morgan fingerprint density at radius 2 is 1.95 bits per heavy atom. The Balaban J connectivity index is 0. The van der Waals surface area contributed by atoms with Gasteiger partial charge in [0.05, 0.1) is 0 Å².